The van der Waals surface area contributed by atoms with E-state index in [0.29, 0.717) is 11.9 Å². The van der Waals surface area contributed by atoms with Crippen LogP contribution in [0, 0.1) is 5.92 Å². The Labute approximate surface area is 140 Å². The van der Waals surface area contributed by atoms with Gasteiger partial charge in [0.25, 0.3) is 0 Å². The van der Waals surface area contributed by atoms with E-state index in [1.54, 1.807) is 0 Å². The average Bonchev–Trinajstić information content (AvgIpc) is 2.84. The fraction of sp³-hybridized carbons (Fsp3) is 0.588. The van der Waals surface area contributed by atoms with Crippen molar-refractivity contribution in [2.75, 3.05) is 5.88 Å². The van der Waals surface area contributed by atoms with Gasteiger partial charge in [-0.05, 0) is 37.0 Å². The number of rotatable bonds is 4. The van der Waals surface area contributed by atoms with Crippen LogP contribution in [-0.4, -0.2) is 15.4 Å². The first kappa shape index (κ1) is 15.4. The number of nitrogens with zero attached hydrogens (tertiary/aromatic N) is 2. The van der Waals surface area contributed by atoms with Crippen LogP contribution in [0.5, 0.6) is 0 Å². The van der Waals surface area contributed by atoms with Gasteiger partial charge in [-0.15, -0.1) is 11.6 Å². The predicted molar refractivity (Wildman–Crippen MR) is 93.1 cm³/mol. The molecule has 114 valence electrons. The zero-order valence-corrected chi connectivity index (χ0v) is 14.8. The lowest BCUT2D eigenvalue weighted by Crippen LogP contribution is -2.24. The minimum atomic E-state index is 0.591. The lowest BCUT2D eigenvalue weighted by atomic mass is 9.82. The number of imidazole rings is 1. The van der Waals surface area contributed by atoms with E-state index in [4.69, 9.17) is 16.6 Å². The topological polar surface area (TPSA) is 17.8 Å². The van der Waals surface area contributed by atoms with Gasteiger partial charge >= 0.3 is 0 Å². The number of hydrogen-bond acceptors (Lipinski definition) is 1. The molecule has 1 saturated carbocycles. The summed E-state index contributed by atoms with van der Waals surface area (Å²) in [6.45, 7) is 2.32. The Kier molecular flexibility index (Phi) is 4.90. The van der Waals surface area contributed by atoms with E-state index < -0.39 is 0 Å². The molecule has 1 aromatic carbocycles. The van der Waals surface area contributed by atoms with Crippen molar-refractivity contribution in [1.82, 2.24) is 9.55 Å². The van der Waals surface area contributed by atoms with E-state index in [2.05, 4.69) is 45.6 Å². The fourth-order valence-electron chi connectivity index (χ4n) is 3.76. The molecule has 1 aliphatic rings. The van der Waals surface area contributed by atoms with Crippen LogP contribution in [0.2, 0.25) is 0 Å². The van der Waals surface area contributed by atoms with E-state index >= 15 is 0 Å². The lowest BCUT2D eigenvalue weighted by Gasteiger charge is -2.33. The van der Waals surface area contributed by atoms with Gasteiger partial charge in [0.15, 0.2) is 0 Å². The highest BCUT2D eigenvalue weighted by molar-refractivity contribution is 9.10. The molecule has 3 rings (SSSR count). The molecule has 0 spiro atoms. The zero-order chi connectivity index (χ0) is 14.8. The van der Waals surface area contributed by atoms with Gasteiger partial charge in [0.05, 0.1) is 11.0 Å². The molecule has 1 aliphatic carbocycles. The highest BCUT2D eigenvalue weighted by atomic mass is 79.9. The second-order valence-electron chi connectivity index (χ2n) is 5.99. The molecule has 0 amide bonds. The predicted octanol–water partition coefficient (Wildman–Crippen LogP) is 5.72. The van der Waals surface area contributed by atoms with Gasteiger partial charge in [-0.1, -0.05) is 42.1 Å². The highest BCUT2D eigenvalue weighted by Gasteiger charge is 2.28. The second kappa shape index (κ2) is 6.70. The summed E-state index contributed by atoms with van der Waals surface area (Å²) in [5, 5.41) is 0. The second-order valence-corrected chi connectivity index (χ2v) is 7.28. The summed E-state index contributed by atoms with van der Waals surface area (Å²) < 4.78 is 3.59. The monoisotopic (exact) mass is 368 g/mol. The summed E-state index contributed by atoms with van der Waals surface area (Å²) in [5.41, 5.74) is 2.36. The van der Waals surface area contributed by atoms with Gasteiger partial charge in [0.1, 0.15) is 5.82 Å². The van der Waals surface area contributed by atoms with Crippen molar-refractivity contribution in [2.45, 2.75) is 51.5 Å². The molecular weight excluding hydrogens is 348 g/mol. The first-order valence-corrected chi connectivity index (χ1v) is 9.29. The van der Waals surface area contributed by atoms with Crippen molar-refractivity contribution in [3.8, 4) is 0 Å². The van der Waals surface area contributed by atoms with Crippen molar-refractivity contribution in [1.29, 1.82) is 0 Å². The largest absolute Gasteiger partial charge is 0.325 e. The standard InChI is InChI=1S/C17H22BrClN2/c1-2-12-5-3-4-6-15(12)21-16-8-7-13(18)11-14(16)20-17(21)9-10-19/h7-8,11-12,15H,2-6,9-10H2,1H3. The first-order valence-electron chi connectivity index (χ1n) is 7.97. The molecule has 0 aliphatic heterocycles. The van der Waals surface area contributed by atoms with Crippen LogP contribution in [0.25, 0.3) is 11.0 Å². The van der Waals surface area contributed by atoms with Crippen molar-refractivity contribution < 1.29 is 0 Å². The summed E-state index contributed by atoms with van der Waals surface area (Å²) >= 11 is 9.56. The van der Waals surface area contributed by atoms with Gasteiger partial charge in [0, 0.05) is 22.8 Å². The van der Waals surface area contributed by atoms with E-state index in [0.717, 1.165) is 28.2 Å². The van der Waals surface area contributed by atoms with E-state index in [1.807, 2.05) is 0 Å². The lowest BCUT2D eigenvalue weighted by molar-refractivity contribution is 0.233. The summed E-state index contributed by atoms with van der Waals surface area (Å²) in [6, 6.07) is 7.03. The third-order valence-corrected chi connectivity index (χ3v) is 5.45. The van der Waals surface area contributed by atoms with Crippen LogP contribution in [-0.2, 0) is 6.42 Å². The van der Waals surface area contributed by atoms with E-state index in [9.17, 15) is 0 Å². The van der Waals surface area contributed by atoms with Crippen LogP contribution in [0.15, 0.2) is 22.7 Å². The Balaban J connectivity index is 2.11. The Hall–Kier alpha value is -0.540. The number of alkyl halides is 1. The van der Waals surface area contributed by atoms with Crippen LogP contribution < -0.4 is 0 Å². The van der Waals surface area contributed by atoms with Crippen molar-refractivity contribution in [3.05, 3.63) is 28.5 Å². The third kappa shape index (κ3) is 3.00. The molecule has 2 aromatic rings. The first-order chi connectivity index (χ1) is 10.2. The van der Waals surface area contributed by atoms with E-state index in [-0.39, 0.29) is 0 Å². The Morgan fingerprint density at radius 1 is 1.33 bits per heavy atom. The molecule has 1 fully saturated rings. The maximum atomic E-state index is 6.01. The normalized spacial score (nSPS) is 22.8. The molecular formula is C17H22BrClN2. The van der Waals surface area contributed by atoms with Crippen LogP contribution in [0.1, 0.15) is 50.9 Å². The van der Waals surface area contributed by atoms with Gasteiger partial charge < -0.3 is 4.57 Å². The molecule has 0 radical (unpaired) electrons. The molecule has 21 heavy (non-hydrogen) atoms. The molecule has 0 N–H and O–H groups in total. The minimum Gasteiger partial charge on any atom is -0.325 e. The number of aromatic nitrogens is 2. The Bertz CT molecular complexity index is 623. The number of aryl methyl sites for hydroxylation is 1. The molecule has 0 bridgehead atoms. The van der Waals surface area contributed by atoms with Crippen molar-refractivity contribution >= 4 is 38.6 Å². The summed E-state index contributed by atoms with van der Waals surface area (Å²) in [6.07, 6.45) is 7.42. The SMILES string of the molecule is CCC1CCCCC1n1c(CCCl)nc2cc(Br)ccc21. The van der Waals surface area contributed by atoms with Gasteiger partial charge in [-0.2, -0.15) is 0 Å². The average molecular weight is 370 g/mol. The quantitative estimate of drug-likeness (QED) is 0.630. The fourth-order valence-corrected chi connectivity index (χ4v) is 4.27. The molecule has 0 saturated heterocycles. The van der Waals surface area contributed by atoms with Crippen LogP contribution >= 0.6 is 27.5 Å². The smallest absolute Gasteiger partial charge is 0.111 e. The van der Waals surface area contributed by atoms with Crippen molar-refractivity contribution in [2.24, 2.45) is 5.92 Å². The minimum absolute atomic E-state index is 0.591. The Morgan fingerprint density at radius 3 is 2.90 bits per heavy atom. The molecule has 1 heterocycles. The Morgan fingerprint density at radius 2 is 2.14 bits per heavy atom. The zero-order valence-electron chi connectivity index (χ0n) is 12.5. The molecule has 2 nitrogen and oxygen atoms in total. The maximum Gasteiger partial charge on any atom is 0.111 e. The van der Waals surface area contributed by atoms with Gasteiger partial charge in [-0.25, -0.2) is 4.98 Å². The van der Waals surface area contributed by atoms with Crippen LogP contribution in [0.3, 0.4) is 0 Å². The number of hydrogen-bond donors (Lipinski definition) is 0. The molecule has 1 aromatic heterocycles. The highest BCUT2D eigenvalue weighted by Crippen LogP contribution is 2.39. The number of fused-ring (bicyclic) bond motifs is 1. The summed E-state index contributed by atoms with van der Waals surface area (Å²) in [7, 11) is 0. The van der Waals surface area contributed by atoms with Crippen molar-refractivity contribution in [3.63, 3.8) is 0 Å². The summed E-state index contributed by atoms with van der Waals surface area (Å²) in [5.74, 6) is 2.56. The number of halogens is 2. The third-order valence-electron chi connectivity index (χ3n) is 4.77. The number of benzene rings is 1. The van der Waals surface area contributed by atoms with Crippen LogP contribution in [0.4, 0.5) is 0 Å². The molecule has 2 atom stereocenters. The van der Waals surface area contributed by atoms with Gasteiger partial charge in [0.2, 0.25) is 0 Å². The molecule has 2 unspecified atom stereocenters. The van der Waals surface area contributed by atoms with Gasteiger partial charge in [-0.3, -0.25) is 0 Å². The molecule has 4 heteroatoms. The van der Waals surface area contributed by atoms with E-state index in [1.165, 1.54) is 37.6 Å². The maximum absolute atomic E-state index is 6.01. The summed E-state index contributed by atoms with van der Waals surface area (Å²) in [4.78, 5) is 4.86.